The summed E-state index contributed by atoms with van der Waals surface area (Å²) in [5.74, 6) is 2.38. The number of aryl methyl sites for hydroxylation is 2. The summed E-state index contributed by atoms with van der Waals surface area (Å²) in [5.41, 5.74) is 2.91. The Morgan fingerprint density at radius 1 is 1.17 bits per heavy atom. The molecule has 0 saturated carbocycles. The SMILES string of the molecule is CCn1c(COc2cc(C)ccc2C)nnc1SCC(=O)Nc1cccc(OC)c1. The fourth-order valence-corrected chi connectivity index (χ4v) is 3.70. The number of carbonyl (C=O) groups is 1. The Hall–Kier alpha value is -3.00. The van der Waals surface area contributed by atoms with E-state index in [1.165, 1.54) is 11.8 Å². The van der Waals surface area contributed by atoms with Gasteiger partial charge in [0.25, 0.3) is 0 Å². The number of amides is 1. The number of aromatic nitrogens is 3. The van der Waals surface area contributed by atoms with Crippen LogP contribution in [0.3, 0.4) is 0 Å². The number of hydrogen-bond acceptors (Lipinski definition) is 6. The minimum atomic E-state index is -0.118. The molecule has 0 radical (unpaired) electrons. The summed E-state index contributed by atoms with van der Waals surface area (Å²) in [6.45, 7) is 7.08. The van der Waals surface area contributed by atoms with Crippen LogP contribution in [0.2, 0.25) is 0 Å². The van der Waals surface area contributed by atoms with Gasteiger partial charge in [-0.2, -0.15) is 0 Å². The molecule has 1 N–H and O–H groups in total. The fourth-order valence-electron chi connectivity index (χ4n) is 2.88. The molecule has 1 amide bonds. The van der Waals surface area contributed by atoms with Gasteiger partial charge in [-0.25, -0.2) is 0 Å². The second-order valence-electron chi connectivity index (χ2n) is 6.77. The average molecular weight is 427 g/mol. The zero-order chi connectivity index (χ0) is 21.5. The van der Waals surface area contributed by atoms with Gasteiger partial charge in [0, 0.05) is 18.3 Å². The van der Waals surface area contributed by atoms with Gasteiger partial charge < -0.3 is 19.4 Å². The van der Waals surface area contributed by atoms with Crippen molar-refractivity contribution >= 4 is 23.4 Å². The van der Waals surface area contributed by atoms with Crippen LogP contribution < -0.4 is 14.8 Å². The average Bonchev–Trinajstić information content (AvgIpc) is 3.14. The topological polar surface area (TPSA) is 78.3 Å². The van der Waals surface area contributed by atoms with Crippen molar-refractivity contribution in [2.24, 2.45) is 0 Å². The summed E-state index contributed by atoms with van der Waals surface area (Å²) in [6, 6.07) is 13.4. The Labute approximate surface area is 180 Å². The standard InChI is InChI=1S/C22H26N4O3S/c1-5-26-20(13-29-19-11-15(2)9-10-16(19)3)24-25-22(26)30-14-21(27)23-17-7-6-8-18(12-17)28-4/h6-12H,5,13-14H2,1-4H3,(H,23,27). The summed E-state index contributed by atoms with van der Waals surface area (Å²) in [4.78, 5) is 12.3. The van der Waals surface area contributed by atoms with E-state index < -0.39 is 0 Å². The number of nitrogens with zero attached hydrogens (tertiary/aromatic N) is 3. The predicted octanol–water partition coefficient (Wildman–Crippen LogP) is 4.23. The van der Waals surface area contributed by atoms with Crippen molar-refractivity contribution in [2.75, 3.05) is 18.2 Å². The van der Waals surface area contributed by atoms with Crippen LogP contribution in [0.15, 0.2) is 47.6 Å². The highest BCUT2D eigenvalue weighted by atomic mass is 32.2. The number of rotatable bonds is 9. The minimum Gasteiger partial charge on any atom is -0.497 e. The first-order chi connectivity index (χ1) is 14.5. The van der Waals surface area contributed by atoms with E-state index in [2.05, 4.69) is 21.6 Å². The molecule has 0 aliphatic carbocycles. The van der Waals surface area contributed by atoms with Gasteiger partial charge in [0.15, 0.2) is 11.0 Å². The summed E-state index contributed by atoms with van der Waals surface area (Å²) in [7, 11) is 1.59. The quantitative estimate of drug-likeness (QED) is 0.516. The van der Waals surface area contributed by atoms with Crippen LogP contribution in [-0.4, -0.2) is 33.5 Å². The monoisotopic (exact) mass is 426 g/mol. The van der Waals surface area contributed by atoms with E-state index in [9.17, 15) is 4.79 Å². The lowest BCUT2D eigenvalue weighted by Gasteiger charge is -2.11. The van der Waals surface area contributed by atoms with E-state index in [0.717, 1.165) is 22.7 Å². The molecule has 0 unspecified atom stereocenters. The van der Waals surface area contributed by atoms with E-state index >= 15 is 0 Å². The van der Waals surface area contributed by atoms with Gasteiger partial charge in [-0.05, 0) is 50.1 Å². The van der Waals surface area contributed by atoms with Gasteiger partial charge in [0.05, 0.1) is 12.9 Å². The lowest BCUT2D eigenvalue weighted by atomic mass is 10.1. The Bertz CT molecular complexity index is 1020. The molecular formula is C22H26N4O3S. The van der Waals surface area contributed by atoms with Gasteiger partial charge in [0.2, 0.25) is 5.91 Å². The molecule has 2 aromatic carbocycles. The number of thioether (sulfide) groups is 1. The van der Waals surface area contributed by atoms with Crippen LogP contribution >= 0.6 is 11.8 Å². The predicted molar refractivity (Wildman–Crippen MR) is 118 cm³/mol. The lowest BCUT2D eigenvalue weighted by molar-refractivity contribution is -0.113. The number of anilines is 1. The van der Waals surface area contributed by atoms with Crippen LogP contribution in [0.25, 0.3) is 0 Å². The maximum Gasteiger partial charge on any atom is 0.234 e. The molecule has 8 heteroatoms. The van der Waals surface area contributed by atoms with Gasteiger partial charge in [0.1, 0.15) is 18.1 Å². The van der Waals surface area contributed by atoms with Crippen LogP contribution in [0.4, 0.5) is 5.69 Å². The van der Waals surface area contributed by atoms with E-state index in [1.54, 1.807) is 13.2 Å². The third kappa shape index (κ3) is 5.54. The first-order valence-electron chi connectivity index (χ1n) is 9.69. The number of benzene rings is 2. The molecule has 3 aromatic rings. The van der Waals surface area contributed by atoms with E-state index in [4.69, 9.17) is 9.47 Å². The lowest BCUT2D eigenvalue weighted by Crippen LogP contribution is -2.15. The van der Waals surface area contributed by atoms with Gasteiger partial charge >= 0.3 is 0 Å². The van der Waals surface area contributed by atoms with Gasteiger partial charge in [-0.1, -0.05) is 30.0 Å². The van der Waals surface area contributed by atoms with E-state index in [1.807, 2.05) is 55.7 Å². The molecule has 158 valence electrons. The third-order valence-electron chi connectivity index (χ3n) is 4.50. The number of hydrogen-bond donors (Lipinski definition) is 1. The first kappa shape index (κ1) is 21.7. The van der Waals surface area contributed by atoms with Crippen molar-refractivity contribution in [2.45, 2.75) is 39.1 Å². The van der Waals surface area contributed by atoms with Gasteiger partial charge in [-0.3, -0.25) is 4.79 Å². The molecule has 0 atom stereocenters. The van der Waals surface area contributed by atoms with Crippen molar-refractivity contribution in [3.8, 4) is 11.5 Å². The molecule has 0 spiro atoms. The van der Waals surface area contributed by atoms with Crippen molar-refractivity contribution < 1.29 is 14.3 Å². The Kier molecular flexibility index (Phi) is 7.35. The molecule has 7 nitrogen and oxygen atoms in total. The van der Waals surface area contributed by atoms with Crippen LogP contribution in [0, 0.1) is 13.8 Å². The van der Waals surface area contributed by atoms with Crippen molar-refractivity contribution in [3.63, 3.8) is 0 Å². The van der Waals surface area contributed by atoms with Crippen LogP contribution in [-0.2, 0) is 17.9 Å². The van der Waals surface area contributed by atoms with Crippen molar-refractivity contribution in [1.82, 2.24) is 14.8 Å². The van der Waals surface area contributed by atoms with Crippen LogP contribution in [0.5, 0.6) is 11.5 Å². The maximum atomic E-state index is 12.3. The number of nitrogens with one attached hydrogen (secondary N) is 1. The molecule has 0 bridgehead atoms. The van der Waals surface area contributed by atoms with Crippen molar-refractivity contribution in [1.29, 1.82) is 0 Å². The molecule has 0 fully saturated rings. The summed E-state index contributed by atoms with van der Waals surface area (Å²) in [5, 5.41) is 12.1. The molecule has 0 aliphatic heterocycles. The Morgan fingerprint density at radius 3 is 2.77 bits per heavy atom. The minimum absolute atomic E-state index is 0.118. The molecule has 1 aromatic heterocycles. The van der Waals surface area contributed by atoms with Crippen molar-refractivity contribution in [3.05, 3.63) is 59.4 Å². The second kappa shape index (κ2) is 10.2. The molecule has 0 aliphatic rings. The summed E-state index contributed by atoms with van der Waals surface area (Å²) in [6.07, 6.45) is 0. The van der Waals surface area contributed by atoms with Gasteiger partial charge in [-0.15, -0.1) is 10.2 Å². The zero-order valence-electron chi connectivity index (χ0n) is 17.6. The van der Waals surface area contributed by atoms with E-state index in [-0.39, 0.29) is 11.7 Å². The smallest absolute Gasteiger partial charge is 0.234 e. The number of ether oxygens (including phenoxy) is 2. The zero-order valence-corrected chi connectivity index (χ0v) is 18.5. The fraction of sp³-hybridized carbons (Fsp3) is 0.318. The Balaban J connectivity index is 1.59. The second-order valence-corrected chi connectivity index (χ2v) is 7.71. The third-order valence-corrected chi connectivity index (χ3v) is 5.46. The normalized spacial score (nSPS) is 10.7. The highest BCUT2D eigenvalue weighted by Gasteiger charge is 2.14. The molecule has 1 heterocycles. The Morgan fingerprint density at radius 2 is 2.00 bits per heavy atom. The maximum absolute atomic E-state index is 12.3. The highest BCUT2D eigenvalue weighted by Crippen LogP contribution is 2.22. The van der Waals surface area contributed by atoms with Crippen LogP contribution in [0.1, 0.15) is 23.9 Å². The highest BCUT2D eigenvalue weighted by molar-refractivity contribution is 7.99. The van der Waals surface area contributed by atoms with E-state index in [0.29, 0.717) is 29.7 Å². The first-order valence-corrected chi connectivity index (χ1v) is 10.7. The number of carbonyl (C=O) groups excluding carboxylic acids is 1. The molecule has 3 rings (SSSR count). The molecule has 30 heavy (non-hydrogen) atoms. The molecule has 0 saturated heterocycles. The summed E-state index contributed by atoms with van der Waals surface area (Å²) < 4.78 is 13.1. The number of methoxy groups -OCH3 is 1. The molecular weight excluding hydrogens is 400 g/mol. The largest absolute Gasteiger partial charge is 0.497 e. The summed E-state index contributed by atoms with van der Waals surface area (Å²) >= 11 is 1.35.